The summed E-state index contributed by atoms with van der Waals surface area (Å²) in [6, 6.07) is 5.93. The van der Waals surface area contributed by atoms with E-state index < -0.39 is 5.82 Å². The second-order valence-electron chi connectivity index (χ2n) is 2.84. The van der Waals surface area contributed by atoms with Crippen LogP contribution in [0.2, 0.25) is 0 Å². The van der Waals surface area contributed by atoms with E-state index in [1.54, 1.807) is 6.07 Å². The average Bonchev–Trinajstić information content (AvgIpc) is 2.17. The molecule has 0 heterocycles. The fourth-order valence-corrected chi connectivity index (χ4v) is 1.07. The summed E-state index contributed by atoms with van der Waals surface area (Å²) in [7, 11) is 0. The summed E-state index contributed by atoms with van der Waals surface area (Å²) in [5.74, 6) is -0.435. The van der Waals surface area contributed by atoms with Gasteiger partial charge in [0.25, 0.3) is 0 Å². The molecule has 0 spiro atoms. The third kappa shape index (κ3) is 3.04. The van der Waals surface area contributed by atoms with Crippen LogP contribution in [0.25, 0.3) is 0 Å². The van der Waals surface area contributed by atoms with Crippen molar-refractivity contribution >= 4 is 5.69 Å². The Bertz CT molecular complexity index is 346. The molecule has 0 aliphatic heterocycles. The van der Waals surface area contributed by atoms with Gasteiger partial charge in [-0.1, -0.05) is 0 Å². The summed E-state index contributed by atoms with van der Waals surface area (Å²) in [5, 5.41) is 20.0. The maximum atomic E-state index is 12.9. The van der Waals surface area contributed by atoms with E-state index in [9.17, 15) is 4.39 Å². The highest BCUT2D eigenvalue weighted by Gasteiger charge is 1.99. The van der Waals surface area contributed by atoms with Crippen molar-refractivity contribution in [2.75, 3.05) is 18.5 Å². The Balaban J connectivity index is 2.68. The van der Waals surface area contributed by atoms with Gasteiger partial charge in [-0.15, -0.1) is 0 Å². The first kappa shape index (κ1) is 10.5. The standard InChI is InChI=1S/C10H11FN2O/c11-9-4-8(7-12)5-10(6-9)13-2-1-3-14/h4-6,13-14H,1-3H2. The molecule has 0 amide bonds. The Hall–Kier alpha value is -1.60. The monoisotopic (exact) mass is 194 g/mol. The van der Waals surface area contributed by atoms with Crippen molar-refractivity contribution in [3.8, 4) is 6.07 Å². The van der Waals surface area contributed by atoms with Gasteiger partial charge in [-0.25, -0.2) is 4.39 Å². The number of nitrogens with zero attached hydrogens (tertiary/aromatic N) is 1. The van der Waals surface area contributed by atoms with Crippen molar-refractivity contribution in [3.05, 3.63) is 29.6 Å². The number of hydrogen-bond donors (Lipinski definition) is 2. The lowest BCUT2D eigenvalue weighted by Gasteiger charge is -2.05. The number of hydrogen-bond acceptors (Lipinski definition) is 3. The minimum absolute atomic E-state index is 0.0907. The molecule has 4 heteroatoms. The van der Waals surface area contributed by atoms with Crippen LogP contribution in [0.15, 0.2) is 18.2 Å². The third-order valence-corrected chi connectivity index (χ3v) is 1.69. The number of halogens is 1. The van der Waals surface area contributed by atoms with Crippen LogP contribution in [-0.4, -0.2) is 18.3 Å². The zero-order valence-electron chi connectivity index (χ0n) is 7.63. The highest BCUT2D eigenvalue weighted by Crippen LogP contribution is 2.13. The quantitative estimate of drug-likeness (QED) is 0.714. The zero-order valence-corrected chi connectivity index (χ0v) is 7.63. The molecular formula is C10H11FN2O. The van der Waals surface area contributed by atoms with Crippen LogP contribution < -0.4 is 5.32 Å². The van der Waals surface area contributed by atoms with Crippen molar-refractivity contribution < 1.29 is 9.50 Å². The summed E-state index contributed by atoms with van der Waals surface area (Å²) in [6.45, 7) is 0.651. The Morgan fingerprint density at radius 1 is 1.43 bits per heavy atom. The van der Waals surface area contributed by atoms with Gasteiger partial charge in [-0.05, 0) is 24.6 Å². The smallest absolute Gasteiger partial charge is 0.126 e. The van der Waals surface area contributed by atoms with Crippen molar-refractivity contribution in [1.82, 2.24) is 0 Å². The van der Waals surface area contributed by atoms with E-state index in [1.807, 2.05) is 6.07 Å². The molecular weight excluding hydrogens is 183 g/mol. The Kier molecular flexibility index (Phi) is 3.89. The number of nitrogens with one attached hydrogen (secondary N) is 1. The Morgan fingerprint density at radius 3 is 2.86 bits per heavy atom. The second-order valence-corrected chi connectivity index (χ2v) is 2.84. The van der Waals surface area contributed by atoms with Crippen LogP contribution in [0.3, 0.4) is 0 Å². The van der Waals surface area contributed by atoms with Gasteiger partial charge in [0.1, 0.15) is 5.82 Å². The van der Waals surface area contributed by atoms with E-state index in [-0.39, 0.29) is 12.2 Å². The molecule has 0 fully saturated rings. The molecule has 74 valence electrons. The van der Waals surface area contributed by atoms with E-state index in [0.717, 1.165) is 0 Å². The normalized spacial score (nSPS) is 9.50. The first-order valence-corrected chi connectivity index (χ1v) is 4.31. The van der Waals surface area contributed by atoms with E-state index in [2.05, 4.69) is 5.32 Å². The minimum Gasteiger partial charge on any atom is -0.396 e. The van der Waals surface area contributed by atoms with Gasteiger partial charge in [-0.3, -0.25) is 0 Å². The summed E-state index contributed by atoms with van der Waals surface area (Å²) in [6.07, 6.45) is 0.596. The molecule has 0 unspecified atom stereocenters. The summed E-state index contributed by atoms with van der Waals surface area (Å²) >= 11 is 0. The average molecular weight is 194 g/mol. The molecule has 0 aliphatic carbocycles. The molecule has 0 atom stereocenters. The van der Waals surface area contributed by atoms with Crippen molar-refractivity contribution in [2.45, 2.75) is 6.42 Å². The fraction of sp³-hybridized carbons (Fsp3) is 0.300. The summed E-state index contributed by atoms with van der Waals surface area (Å²) in [4.78, 5) is 0. The fourth-order valence-electron chi connectivity index (χ4n) is 1.07. The molecule has 0 radical (unpaired) electrons. The van der Waals surface area contributed by atoms with Gasteiger partial charge < -0.3 is 10.4 Å². The van der Waals surface area contributed by atoms with Gasteiger partial charge in [0.15, 0.2) is 0 Å². The molecule has 0 bridgehead atoms. The second kappa shape index (κ2) is 5.20. The summed E-state index contributed by atoms with van der Waals surface area (Å²) in [5.41, 5.74) is 0.853. The molecule has 1 rings (SSSR count). The molecule has 0 aliphatic rings. The summed E-state index contributed by atoms with van der Waals surface area (Å²) < 4.78 is 12.9. The Morgan fingerprint density at radius 2 is 2.21 bits per heavy atom. The van der Waals surface area contributed by atoms with Crippen molar-refractivity contribution in [2.24, 2.45) is 0 Å². The van der Waals surface area contributed by atoms with Crippen LogP contribution in [0, 0.1) is 17.1 Å². The van der Waals surface area contributed by atoms with E-state index in [4.69, 9.17) is 10.4 Å². The van der Waals surface area contributed by atoms with Gasteiger partial charge >= 0.3 is 0 Å². The van der Waals surface area contributed by atoms with Crippen LogP contribution >= 0.6 is 0 Å². The van der Waals surface area contributed by atoms with Gasteiger partial charge in [0.2, 0.25) is 0 Å². The largest absolute Gasteiger partial charge is 0.396 e. The number of aliphatic hydroxyl groups excluding tert-OH is 1. The lowest BCUT2D eigenvalue weighted by atomic mass is 10.2. The minimum atomic E-state index is -0.435. The molecule has 3 nitrogen and oxygen atoms in total. The maximum absolute atomic E-state index is 12.9. The Labute approximate surface area is 81.8 Å². The third-order valence-electron chi connectivity index (χ3n) is 1.69. The van der Waals surface area contributed by atoms with E-state index in [0.29, 0.717) is 18.7 Å². The lowest BCUT2D eigenvalue weighted by Crippen LogP contribution is -2.03. The van der Waals surface area contributed by atoms with Crippen LogP contribution in [0.4, 0.5) is 10.1 Å². The molecule has 1 aromatic carbocycles. The highest BCUT2D eigenvalue weighted by molar-refractivity contribution is 5.49. The van der Waals surface area contributed by atoms with Crippen LogP contribution in [-0.2, 0) is 0 Å². The first-order valence-electron chi connectivity index (χ1n) is 4.31. The van der Waals surface area contributed by atoms with Gasteiger partial charge in [0.05, 0.1) is 11.6 Å². The lowest BCUT2D eigenvalue weighted by molar-refractivity contribution is 0.292. The van der Waals surface area contributed by atoms with Gasteiger partial charge in [-0.2, -0.15) is 5.26 Å². The first-order chi connectivity index (χ1) is 6.76. The topological polar surface area (TPSA) is 56.0 Å². The van der Waals surface area contributed by atoms with Crippen LogP contribution in [0.1, 0.15) is 12.0 Å². The molecule has 0 saturated carbocycles. The zero-order chi connectivity index (χ0) is 10.4. The van der Waals surface area contributed by atoms with Crippen molar-refractivity contribution in [1.29, 1.82) is 5.26 Å². The SMILES string of the molecule is N#Cc1cc(F)cc(NCCCO)c1. The van der Waals surface area contributed by atoms with Crippen LogP contribution in [0.5, 0.6) is 0 Å². The van der Waals surface area contributed by atoms with E-state index in [1.165, 1.54) is 12.1 Å². The molecule has 0 saturated heterocycles. The molecule has 2 N–H and O–H groups in total. The number of nitriles is 1. The number of benzene rings is 1. The van der Waals surface area contributed by atoms with Crippen molar-refractivity contribution in [3.63, 3.8) is 0 Å². The molecule has 14 heavy (non-hydrogen) atoms. The maximum Gasteiger partial charge on any atom is 0.126 e. The van der Waals surface area contributed by atoms with Gasteiger partial charge in [0, 0.05) is 18.8 Å². The number of rotatable bonds is 4. The number of aliphatic hydroxyl groups is 1. The molecule has 0 aromatic heterocycles. The highest BCUT2D eigenvalue weighted by atomic mass is 19.1. The molecule has 1 aromatic rings. The predicted molar refractivity (Wildman–Crippen MR) is 51.3 cm³/mol. The number of anilines is 1. The van der Waals surface area contributed by atoms with E-state index >= 15 is 0 Å². The predicted octanol–water partition coefficient (Wildman–Crippen LogP) is 1.49.